The van der Waals surface area contributed by atoms with Crippen molar-refractivity contribution < 1.29 is 9.53 Å². The zero-order valence-corrected chi connectivity index (χ0v) is 14.5. The van der Waals surface area contributed by atoms with Crippen LogP contribution in [0.15, 0.2) is 65.6 Å². The molecule has 26 heavy (non-hydrogen) atoms. The Morgan fingerprint density at radius 1 is 1.12 bits per heavy atom. The number of aromatic nitrogens is 2. The van der Waals surface area contributed by atoms with Gasteiger partial charge in [0.25, 0.3) is 11.5 Å². The van der Waals surface area contributed by atoms with E-state index < -0.39 is 11.5 Å². The number of methoxy groups -OCH3 is 1. The molecular weight excluding hydrogens is 330 g/mol. The summed E-state index contributed by atoms with van der Waals surface area (Å²) in [4.78, 5) is 31.7. The van der Waals surface area contributed by atoms with E-state index in [9.17, 15) is 9.59 Å². The minimum atomic E-state index is -0.489. The van der Waals surface area contributed by atoms with E-state index in [4.69, 9.17) is 4.74 Å². The SMILES string of the molecule is COc1ccccc1[C@H](C)NC(=O)c1cnc(-c2ccccc2)[nH]c1=O. The highest BCUT2D eigenvalue weighted by Crippen LogP contribution is 2.24. The van der Waals surface area contributed by atoms with Crippen LogP contribution in [0.3, 0.4) is 0 Å². The number of amides is 1. The van der Waals surface area contributed by atoms with E-state index in [2.05, 4.69) is 15.3 Å². The van der Waals surface area contributed by atoms with Crippen LogP contribution in [-0.2, 0) is 0 Å². The first kappa shape index (κ1) is 17.4. The van der Waals surface area contributed by atoms with E-state index in [0.29, 0.717) is 11.6 Å². The lowest BCUT2D eigenvalue weighted by atomic mass is 10.1. The normalized spacial score (nSPS) is 11.6. The fraction of sp³-hybridized carbons (Fsp3) is 0.150. The van der Waals surface area contributed by atoms with E-state index in [1.807, 2.05) is 61.5 Å². The van der Waals surface area contributed by atoms with Crippen LogP contribution in [0.25, 0.3) is 11.4 Å². The molecule has 0 aliphatic heterocycles. The number of rotatable bonds is 5. The van der Waals surface area contributed by atoms with Crippen molar-refractivity contribution in [2.45, 2.75) is 13.0 Å². The Kier molecular flexibility index (Phi) is 5.12. The molecule has 3 rings (SSSR count). The fourth-order valence-corrected chi connectivity index (χ4v) is 2.68. The quantitative estimate of drug-likeness (QED) is 0.742. The fourth-order valence-electron chi connectivity index (χ4n) is 2.68. The second kappa shape index (κ2) is 7.65. The summed E-state index contributed by atoms with van der Waals surface area (Å²) in [5.41, 5.74) is 1.09. The molecule has 6 heteroatoms. The summed E-state index contributed by atoms with van der Waals surface area (Å²) in [5, 5.41) is 2.81. The molecule has 0 radical (unpaired) electrons. The first-order chi connectivity index (χ1) is 12.6. The summed E-state index contributed by atoms with van der Waals surface area (Å²) in [7, 11) is 1.57. The van der Waals surface area contributed by atoms with E-state index in [-0.39, 0.29) is 11.6 Å². The maximum absolute atomic E-state index is 12.5. The predicted octanol–water partition coefficient (Wildman–Crippen LogP) is 2.94. The average molecular weight is 349 g/mol. The molecule has 0 aliphatic carbocycles. The summed E-state index contributed by atoms with van der Waals surface area (Å²) in [5.74, 6) is 0.605. The van der Waals surface area contributed by atoms with Crippen molar-refractivity contribution in [3.8, 4) is 17.1 Å². The van der Waals surface area contributed by atoms with Crippen LogP contribution in [-0.4, -0.2) is 23.0 Å². The third kappa shape index (κ3) is 3.64. The van der Waals surface area contributed by atoms with Crippen LogP contribution in [0.1, 0.15) is 28.9 Å². The Morgan fingerprint density at radius 3 is 2.50 bits per heavy atom. The van der Waals surface area contributed by atoms with Gasteiger partial charge in [-0.15, -0.1) is 0 Å². The third-order valence-electron chi connectivity index (χ3n) is 4.04. The van der Waals surface area contributed by atoms with Crippen LogP contribution in [0.5, 0.6) is 5.75 Å². The van der Waals surface area contributed by atoms with E-state index in [0.717, 1.165) is 11.1 Å². The highest BCUT2D eigenvalue weighted by atomic mass is 16.5. The van der Waals surface area contributed by atoms with Gasteiger partial charge in [-0.25, -0.2) is 4.98 Å². The number of aromatic amines is 1. The number of nitrogens with zero attached hydrogens (tertiary/aromatic N) is 1. The maximum atomic E-state index is 12.5. The van der Waals surface area contributed by atoms with Gasteiger partial charge in [0.15, 0.2) is 0 Å². The molecule has 3 aromatic rings. The topological polar surface area (TPSA) is 84.1 Å². The van der Waals surface area contributed by atoms with Crippen molar-refractivity contribution in [2.75, 3.05) is 7.11 Å². The Hall–Kier alpha value is -3.41. The molecule has 1 heterocycles. The van der Waals surface area contributed by atoms with Crippen molar-refractivity contribution >= 4 is 5.91 Å². The monoisotopic (exact) mass is 349 g/mol. The van der Waals surface area contributed by atoms with Gasteiger partial charge in [0, 0.05) is 17.3 Å². The van der Waals surface area contributed by atoms with Gasteiger partial charge in [0.05, 0.1) is 13.2 Å². The molecule has 132 valence electrons. The minimum Gasteiger partial charge on any atom is -0.496 e. The average Bonchev–Trinajstić information content (AvgIpc) is 2.68. The molecule has 2 aromatic carbocycles. The summed E-state index contributed by atoms with van der Waals surface area (Å²) >= 11 is 0. The number of nitrogens with one attached hydrogen (secondary N) is 2. The molecule has 0 fully saturated rings. The van der Waals surface area contributed by atoms with Crippen LogP contribution in [0.2, 0.25) is 0 Å². The van der Waals surface area contributed by atoms with Gasteiger partial charge in [-0.05, 0) is 13.0 Å². The number of carbonyl (C=O) groups is 1. The Balaban J connectivity index is 1.81. The largest absolute Gasteiger partial charge is 0.496 e. The third-order valence-corrected chi connectivity index (χ3v) is 4.04. The van der Waals surface area contributed by atoms with Crippen LogP contribution < -0.4 is 15.6 Å². The molecular formula is C20H19N3O3. The van der Waals surface area contributed by atoms with Gasteiger partial charge in [0.2, 0.25) is 0 Å². The molecule has 0 saturated carbocycles. The maximum Gasteiger partial charge on any atom is 0.264 e. The van der Waals surface area contributed by atoms with Gasteiger partial charge in [-0.2, -0.15) is 0 Å². The molecule has 0 aliphatic rings. The number of H-pyrrole nitrogens is 1. The van der Waals surface area contributed by atoms with Gasteiger partial charge in [0.1, 0.15) is 17.1 Å². The first-order valence-corrected chi connectivity index (χ1v) is 8.18. The second-order valence-corrected chi connectivity index (χ2v) is 5.78. The highest BCUT2D eigenvalue weighted by molar-refractivity contribution is 5.93. The molecule has 0 saturated heterocycles. The summed E-state index contributed by atoms with van der Waals surface area (Å²) in [6.07, 6.45) is 1.30. The lowest BCUT2D eigenvalue weighted by Gasteiger charge is -2.17. The van der Waals surface area contributed by atoms with Crippen molar-refractivity contribution in [2.24, 2.45) is 0 Å². The molecule has 6 nitrogen and oxygen atoms in total. The van der Waals surface area contributed by atoms with Gasteiger partial charge in [-0.3, -0.25) is 9.59 Å². The molecule has 0 unspecified atom stereocenters. The summed E-state index contributed by atoms with van der Waals surface area (Å²) in [6.45, 7) is 1.83. The minimum absolute atomic E-state index is 0.0357. The first-order valence-electron chi connectivity index (χ1n) is 8.18. The predicted molar refractivity (Wildman–Crippen MR) is 99.2 cm³/mol. The standard InChI is InChI=1S/C20H19N3O3/c1-13(15-10-6-7-11-17(15)26-2)22-19(24)16-12-21-18(23-20(16)25)14-8-4-3-5-9-14/h3-13H,1-2H3,(H,22,24)(H,21,23,25)/t13-/m0/s1. The summed E-state index contributed by atoms with van der Waals surface area (Å²) in [6, 6.07) is 16.3. The van der Waals surface area contributed by atoms with Gasteiger partial charge >= 0.3 is 0 Å². The van der Waals surface area contributed by atoms with Crippen molar-refractivity contribution in [1.82, 2.24) is 15.3 Å². The Bertz CT molecular complexity index is 967. The van der Waals surface area contributed by atoms with Crippen LogP contribution in [0.4, 0.5) is 0 Å². The Labute approximate surface area is 150 Å². The van der Waals surface area contributed by atoms with Gasteiger partial charge < -0.3 is 15.0 Å². The molecule has 0 spiro atoms. The summed E-state index contributed by atoms with van der Waals surface area (Å²) < 4.78 is 5.31. The van der Waals surface area contributed by atoms with Gasteiger partial charge in [-0.1, -0.05) is 48.5 Å². The van der Waals surface area contributed by atoms with E-state index in [1.54, 1.807) is 7.11 Å². The number of ether oxygens (including phenoxy) is 1. The molecule has 1 aromatic heterocycles. The van der Waals surface area contributed by atoms with Crippen LogP contribution in [0, 0.1) is 0 Å². The molecule has 1 amide bonds. The van der Waals surface area contributed by atoms with E-state index >= 15 is 0 Å². The lowest BCUT2D eigenvalue weighted by Crippen LogP contribution is -2.32. The Morgan fingerprint density at radius 2 is 1.81 bits per heavy atom. The molecule has 1 atom stereocenters. The van der Waals surface area contributed by atoms with E-state index in [1.165, 1.54) is 6.20 Å². The van der Waals surface area contributed by atoms with Crippen molar-refractivity contribution in [3.05, 3.63) is 82.3 Å². The lowest BCUT2D eigenvalue weighted by molar-refractivity contribution is 0.0937. The zero-order valence-electron chi connectivity index (χ0n) is 14.5. The number of para-hydroxylation sites is 1. The van der Waals surface area contributed by atoms with Crippen LogP contribution >= 0.6 is 0 Å². The number of hydrogen-bond donors (Lipinski definition) is 2. The van der Waals surface area contributed by atoms with Crippen molar-refractivity contribution in [3.63, 3.8) is 0 Å². The molecule has 0 bridgehead atoms. The molecule has 2 N–H and O–H groups in total. The van der Waals surface area contributed by atoms with Crippen molar-refractivity contribution in [1.29, 1.82) is 0 Å². The second-order valence-electron chi connectivity index (χ2n) is 5.78. The highest BCUT2D eigenvalue weighted by Gasteiger charge is 2.17. The number of hydrogen-bond acceptors (Lipinski definition) is 4. The zero-order chi connectivity index (χ0) is 18.5. The smallest absolute Gasteiger partial charge is 0.264 e. The number of carbonyl (C=O) groups excluding carboxylic acids is 1. The number of benzene rings is 2.